The second kappa shape index (κ2) is 7.10. The maximum Gasteiger partial charge on any atom is 0.0834 e. The lowest BCUT2D eigenvalue weighted by molar-refractivity contribution is 0.372. The van der Waals surface area contributed by atoms with Crippen LogP contribution in [0.15, 0.2) is 36.5 Å². The highest BCUT2D eigenvalue weighted by Gasteiger charge is 2.29. The maximum atomic E-state index is 6.62. The molecule has 2 aromatic rings. The van der Waals surface area contributed by atoms with Gasteiger partial charge in [0.2, 0.25) is 0 Å². The Morgan fingerprint density at radius 1 is 1.24 bits per heavy atom. The molecule has 114 valence electrons. The fourth-order valence-electron chi connectivity index (χ4n) is 2.94. The first-order valence-corrected chi connectivity index (χ1v) is 7.99. The fraction of sp³-hybridized carbons (Fsp3) is 0.471. The third-order valence-electron chi connectivity index (χ3n) is 4.28. The van der Waals surface area contributed by atoms with Gasteiger partial charge >= 0.3 is 0 Å². The topological polar surface area (TPSA) is 43.8 Å². The van der Waals surface area contributed by atoms with Crippen LogP contribution in [0.3, 0.4) is 0 Å². The van der Waals surface area contributed by atoms with Crippen LogP contribution in [0.1, 0.15) is 50.4 Å². The first kappa shape index (κ1) is 16.1. The van der Waals surface area contributed by atoms with Gasteiger partial charge in [0.1, 0.15) is 0 Å². The highest BCUT2D eigenvalue weighted by Crippen LogP contribution is 2.38. The van der Waals surface area contributed by atoms with Crippen LogP contribution < -0.4 is 5.73 Å². The average Bonchev–Trinajstić information content (AvgIpc) is 2.89. The number of benzene rings is 1. The van der Waals surface area contributed by atoms with Gasteiger partial charge in [0.25, 0.3) is 0 Å². The lowest BCUT2D eigenvalue weighted by Crippen LogP contribution is -2.27. The average molecular weight is 306 g/mol. The summed E-state index contributed by atoms with van der Waals surface area (Å²) >= 11 is 6.33. The zero-order valence-electron chi connectivity index (χ0n) is 13.0. The van der Waals surface area contributed by atoms with E-state index in [0.29, 0.717) is 10.9 Å². The van der Waals surface area contributed by atoms with Crippen molar-refractivity contribution in [3.8, 4) is 0 Å². The van der Waals surface area contributed by atoms with Crippen molar-refractivity contribution in [2.75, 3.05) is 0 Å². The van der Waals surface area contributed by atoms with Crippen LogP contribution in [0.25, 0.3) is 0 Å². The number of halogens is 1. The third kappa shape index (κ3) is 3.30. The van der Waals surface area contributed by atoms with Crippen molar-refractivity contribution >= 4 is 11.6 Å². The van der Waals surface area contributed by atoms with Crippen LogP contribution in [-0.2, 0) is 6.54 Å². The third-order valence-corrected chi connectivity index (χ3v) is 4.57. The van der Waals surface area contributed by atoms with Crippen LogP contribution in [0, 0.1) is 5.92 Å². The SMILES string of the molecule is CCC(C)C(c1ccccc1)C(N)c1c(Cl)cnn1CC. The van der Waals surface area contributed by atoms with Gasteiger partial charge in [-0.2, -0.15) is 5.10 Å². The number of hydrogen-bond acceptors (Lipinski definition) is 2. The lowest BCUT2D eigenvalue weighted by atomic mass is 9.79. The first-order chi connectivity index (χ1) is 10.1. The Hall–Kier alpha value is -1.32. The summed E-state index contributed by atoms with van der Waals surface area (Å²) in [6, 6.07) is 10.3. The molecule has 0 amide bonds. The number of aromatic nitrogens is 2. The van der Waals surface area contributed by atoms with E-state index in [1.165, 1.54) is 5.56 Å². The molecule has 0 aliphatic carbocycles. The highest BCUT2D eigenvalue weighted by molar-refractivity contribution is 6.31. The van der Waals surface area contributed by atoms with E-state index in [4.69, 9.17) is 17.3 Å². The molecule has 0 radical (unpaired) electrons. The standard InChI is InChI=1S/C17H24ClN3/c1-4-12(3)15(13-9-7-6-8-10-13)16(19)17-14(18)11-20-21(17)5-2/h6-12,15-16H,4-5,19H2,1-3H3. The molecule has 3 atom stereocenters. The Labute approximate surface area is 132 Å². The zero-order valence-corrected chi connectivity index (χ0v) is 13.7. The molecule has 0 aliphatic rings. The summed E-state index contributed by atoms with van der Waals surface area (Å²) in [5, 5.41) is 4.98. The number of hydrogen-bond donors (Lipinski definition) is 1. The molecule has 2 N–H and O–H groups in total. The molecule has 3 nitrogen and oxygen atoms in total. The summed E-state index contributed by atoms with van der Waals surface area (Å²) in [5.74, 6) is 0.703. The van der Waals surface area contributed by atoms with Crippen LogP contribution in [0.5, 0.6) is 0 Å². The number of nitrogens with two attached hydrogens (primary N) is 1. The Morgan fingerprint density at radius 2 is 1.90 bits per heavy atom. The highest BCUT2D eigenvalue weighted by atomic mass is 35.5. The second-order valence-corrected chi connectivity index (χ2v) is 5.95. The zero-order chi connectivity index (χ0) is 15.4. The van der Waals surface area contributed by atoms with Crippen molar-refractivity contribution in [2.45, 2.75) is 45.7 Å². The Balaban J connectivity index is 2.44. The summed E-state index contributed by atoms with van der Waals surface area (Å²) < 4.78 is 1.91. The van der Waals surface area contributed by atoms with E-state index >= 15 is 0 Å². The molecule has 0 fully saturated rings. The van der Waals surface area contributed by atoms with Gasteiger partial charge in [0.15, 0.2) is 0 Å². The summed E-state index contributed by atoms with van der Waals surface area (Å²) in [4.78, 5) is 0. The van der Waals surface area contributed by atoms with Gasteiger partial charge in [-0.25, -0.2) is 0 Å². The van der Waals surface area contributed by atoms with Crippen LogP contribution in [-0.4, -0.2) is 9.78 Å². The minimum Gasteiger partial charge on any atom is -0.322 e. The van der Waals surface area contributed by atoms with E-state index in [0.717, 1.165) is 18.7 Å². The van der Waals surface area contributed by atoms with Crippen molar-refractivity contribution < 1.29 is 0 Å². The van der Waals surface area contributed by atoms with Crippen molar-refractivity contribution in [3.05, 3.63) is 52.8 Å². The number of nitrogens with zero attached hydrogens (tertiary/aromatic N) is 2. The van der Waals surface area contributed by atoms with Gasteiger partial charge in [-0.05, 0) is 18.4 Å². The molecule has 0 saturated heterocycles. The first-order valence-electron chi connectivity index (χ1n) is 7.61. The van der Waals surface area contributed by atoms with Crippen molar-refractivity contribution in [3.63, 3.8) is 0 Å². The van der Waals surface area contributed by atoms with Gasteiger partial charge in [0.05, 0.1) is 23.0 Å². The van der Waals surface area contributed by atoms with E-state index in [2.05, 4.69) is 50.1 Å². The molecule has 1 aromatic carbocycles. The molecule has 0 saturated carbocycles. The molecule has 2 rings (SSSR count). The van der Waals surface area contributed by atoms with E-state index in [1.807, 2.05) is 10.7 Å². The van der Waals surface area contributed by atoms with Crippen LogP contribution >= 0.6 is 11.6 Å². The lowest BCUT2D eigenvalue weighted by Gasteiger charge is -2.30. The van der Waals surface area contributed by atoms with E-state index < -0.39 is 0 Å². The van der Waals surface area contributed by atoms with Crippen LogP contribution in [0.4, 0.5) is 0 Å². The molecule has 21 heavy (non-hydrogen) atoms. The minimum absolute atomic E-state index is 0.155. The molecule has 0 bridgehead atoms. The molecule has 0 aliphatic heterocycles. The van der Waals surface area contributed by atoms with Crippen molar-refractivity contribution in [2.24, 2.45) is 11.7 Å². The van der Waals surface area contributed by atoms with Gasteiger partial charge in [0, 0.05) is 12.5 Å². The van der Waals surface area contributed by atoms with Crippen LogP contribution in [0.2, 0.25) is 5.02 Å². The van der Waals surface area contributed by atoms with Crippen molar-refractivity contribution in [1.29, 1.82) is 0 Å². The second-order valence-electron chi connectivity index (χ2n) is 5.54. The summed E-state index contributed by atoms with van der Waals surface area (Å²) in [5.41, 5.74) is 8.83. The van der Waals surface area contributed by atoms with E-state index in [9.17, 15) is 0 Å². The largest absolute Gasteiger partial charge is 0.322 e. The summed E-state index contributed by atoms with van der Waals surface area (Å²) in [6.45, 7) is 7.28. The Morgan fingerprint density at radius 3 is 2.48 bits per heavy atom. The van der Waals surface area contributed by atoms with Gasteiger partial charge in [-0.1, -0.05) is 62.2 Å². The molecular weight excluding hydrogens is 282 g/mol. The number of rotatable bonds is 6. The minimum atomic E-state index is -0.155. The van der Waals surface area contributed by atoms with Gasteiger partial charge in [-0.15, -0.1) is 0 Å². The predicted molar refractivity (Wildman–Crippen MR) is 88.5 cm³/mol. The predicted octanol–water partition coefficient (Wildman–Crippen LogP) is 4.39. The smallest absolute Gasteiger partial charge is 0.0834 e. The maximum absolute atomic E-state index is 6.62. The molecule has 1 aromatic heterocycles. The molecule has 4 heteroatoms. The number of aryl methyl sites for hydroxylation is 1. The Kier molecular flexibility index (Phi) is 5.43. The molecule has 3 unspecified atom stereocenters. The normalized spacial score (nSPS) is 15.7. The van der Waals surface area contributed by atoms with Gasteiger partial charge < -0.3 is 5.73 Å². The molecule has 0 spiro atoms. The summed E-state index contributed by atoms with van der Waals surface area (Å²) in [6.07, 6.45) is 2.77. The van der Waals surface area contributed by atoms with Crippen molar-refractivity contribution in [1.82, 2.24) is 9.78 Å². The summed E-state index contributed by atoms with van der Waals surface area (Å²) in [7, 11) is 0. The Bertz CT molecular complexity index is 565. The quantitative estimate of drug-likeness (QED) is 0.860. The van der Waals surface area contributed by atoms with E-state index in [-0.39, 0.29) is 12.0 Å². The fourth-order valence-corrected chi connectivity index (χ4v) is 3.21. The van der Waals surface area contributed by atoms with E-state index in [1.54, 1.807) is 6.20 Å². The molecule has 1 heterocycles. The molecular formula is C17H24ClN3. The van der Waals surface area contributed by atoms with Gasteiger partial charge in [-0.3, -0.25) is 4.68 Å². The monoisotopic (exact) mass is 305 g/mol.